The topological polar surface area (TPSA) is 45.5 Å². The van der Waals surface area contributed by atoms with E-state index in [1.165, 1.54) is 16.8 Å². The number of aromatic nitrogens is 2. The number of rotatable bonds is 4. The summed E-state index contributed by atoms with van der Waals surface area (Å²) in [5.41, 5.74) is 1.01. The average Bonchev–Trinajstić information content (AvgIpc) is 3.28. The fourth-order valence-corrected chi connectivity index (χ4v) is 4.00. The standard InChI is InChI=1S/C22H17F5N2O3/c23-21(24,25)20-16-6-1-2-7-17(16)29(28-20)14-4-3-5-15(11-14)30-12-13-8-9-18-19(10-13)32-22(26,27)31-18/h3-5,8-11H,1-2,6-7,12H2. The lowest BCUT2D eigenvalue weighted by atomic mass is 9.95. The van der Waals surface area contributed by atoms with E-state index in [1.54, 1.807) is 30.3 Å². The summed E-state index contributed by atoms with van der Waals surface area (Å²) < 4.78 is 82.6. The van der Waals surface area contributed by atoms with Gasteiger partial charge in [-0.3, -0.25) is 0 Å². The molecule has 0 unspecified atom stereocenters. The van der Waals surface area contributed by atoms with E-state index in [9.17, 15) is 22.0 Å². The molecule has 2 heterocycles. The molecular formula is C22H17F5N2O3. The summed E-state index contributed by atoms with van der Waals surface area (Å²) in [6.07, 6.45) is -5.85. The van der Waals surface area contributed by atoms with Crippen molar-refractivity contribution in [2.24, 2.45) is 0 Å². The van der Waals surface area contributed by atoms with Gasteiger partial charge in [-0.1, -0.05) is 12.1 Å². The van der Waals surface area contributed by atoms with Crippen LogP contribution in [0.4, 0.5) is 22.0 Å². The Labute approximate surface area is 179 Å². The van der Waals surface area contributed by atoms with Crippen LogP contribution >= 0.6 is 0 Å². The lowest BCUT2D eigenvalue weighted by Crippen LogP contribution is -2.25. The molecule has 0 saturated carbocycles. The maximum atomic E-state index is 13.5. The minimum atomic E-state index is -4.52. The van der Waals surface area contributed by atoms with E-state index in [2.05, 4.69) is 14.6 Å². The predicted octanol–water partition coefficient (Wildman–Crippen LogP) is 5.67. The molecule has 0 fully saturated rings. The van der Waals surface area contributed by atoms with Gasteiger partial charge in [-0.2, -0.15) is 18.3 Å². The van der Waals surface area contributed by atoms with Crippen LogP contribution in [0, 0.1) is 0 Å². The van der Waals surface area contributed by atoms with Gasteiger partial charge in [0, 0.05) is 17.3 Å². The molecule has 3 aromatic rings. The van der Waals surface area contributed by atoms with Crippen LogP contribution in [0.25, 0.3) is 5.69 Å². The third-order valence-corrected chi connectivity index (χ3v) is 5.38. The minimum absolute atomic E-state index is 0.0384. The number of fused-ring (bicyclic) bond motifs is 2. The summed E-state index contributed by atoms with van der Waals surface area (Å²) in [5.74, 6) is 0.247. The van der Waals surface area contributed by atoms with Crippen molar-refractivity contribution in [2.75, 3.05) is 0 Å². The second-order valence-corrected chi connectivity index (χ2v) is 7.63. The zero-order valence-electron chi connectivity index (χ0n) is 16.6. The van der Waals surface area contributed by atoms with Crippen LogP contribution in [-0.2, 0) is 25.6 Å². The van der Waals surface area contributed by atoms with E-state index in [0.29, 0.717) is 42.0 Å². The van der Waals surface area contributed by atoms with E-state index in [-0.39, 0.29) is 23.7 Å². The lowest BCUT2D eigenvalue weighted by Gasteiger charge is -2.15. The van der Waals surface area contributed by atoms with Crippen molar-refractivity contribution in [1.29, 1.82) is 0 Å². The summed E-state index contributed by atoms with van der Waals surface area (Å²) in [7, 11) is 0. The Morgan fingerprint density at radius 2 is 1.78 bits per heavy atom. The summed E-state index contributed by atoms with van der Waals surface area (Å²) in [4.78, 5) is 0. The van der Waals surface area contributed by atoms with Crippen LogP contribution in [0.5, 0.6) is 17.2 Å². The summed E-state index contributed by atoms with van der Waals surface area (Å²) >= 11 is 0. The van der Waals surface area contributed by atoms with Crippen LogP contribution in [0.15, 0.2) is 42.5 Å². The molecule has 1 aliphatic heterocycles. The van der Waals surface area contributed by atoms with Crippen LogP contribution in [-0.4, -0.2) is 16.1 Å². The van der Waals surface area contributed by atoms with Crippen LogP contribution in [0.1, 0.15) is 35.4 Å². The molecule has 5 nitrogen and oxygen atoms in total. The number of hydrogen-bond donors (Lipinski definition) is 0. The molecule has 32 heavy (non-hydrogen) atoms. The highest BCUT2D eigenvalue weighted by Gasteiger charge is 2.43. The molecule has 0 amide bonds. The van der Waals surface area contributed by atoms with Gasteiger partial charge in [0.2, 0.25) is 0 Å². The highest BCUT2D eigenvalue weighted by molar-refractivity contribution is 5.46. The monoisotopic (exact) mass is 452 g/mol. The van der Waals surface area contributed by atoms with Gasteiger partial charge in [0.1, 0.15) is 12.4 Å². The Hall–Kier alpha value is -3.30. The second kappa shape index (κ2) is 7.39. The van der Waals surface area contributed by atoms with Crippen molar-refractivity contribution in [3.8, 4) is 22.9 Å². The number of benzene rings is 2. The van der Waals surface area contributed by atoms with E-state index >= 15 is 0 Å². The number of alkyl halides is 5. The summed E-state index contributed by atoms with van der Waals surface area (Å²) in [6, 6.07) is 10.9. The first-order chi connectivity index (χ1) is 15.2. The van der Waals surface area contributed by atoms with Gasteiger partial charge >= 0.3 is 12.5 Å². The van der Waals surface area contributed by atoms with Gasteiger partial charge in [-0.15, -0.1) is 8.78 Å². The zero-order valence-corrected chi connectivity index (χ0v) is 16.6. The number of nitrogens with zero attached hydrogens (tertiary/aromatic N) is 2. The van der Waals surface area contributed by atoms with Crippen LogP contribution in [0.2, 0.25) is 0 Å². The summed E-state index contributed by atoms with van der Waals surface area (Å²) in [5, 5.41) is 3.88. The Kier molecular flexibility index (Phi) is 4.75. The van der Waals surface area contributed by atoms with Gasteiger partial charge in [0.05, 0.1) is 5.69 Å². The Morgan fingerprint density at radius 1 is 1.00 bits per heavy atom. The normalized spacial score (nSPS) is 16.7. The van der Waals surface area contributed by atoms with E-state index in [0.717, 1.165) is 6.42 Å². The van der Waals surface area contributed by atoms with Crippen molar-refractivity contribution < 1.29 is 36.2 Å². The highest BCUT2D eigenvalue weighted by atomic mass is 19.4. The predicted molar refractivity (Wildman–Crippen MR) is 102 cm³/mol. The van der Waals surface area contributed by atoms with Crippen molar-refractivity contribution in [2.45, 2.75) is 44.8 Å². The first-order valence-electron chi connectivity index (χ1n) is 10.00. The molecule has 5 rings (SSSR count). The molecule has 0 N–H and O–H groups in total. The zero-order chi connectivity index (χ0) is 22.5. The van der Waals surface area contributed by atoms with Crippen LogP contribution in [0.3, 0.4) is 0 Å². The first-order valence-corrected chi connectivity index (χ1v) is 10.00. The van der Waals surface area contributed by atoms with Crippen molar-refractivity contribution in [3.63, 3.8) is 0 Å². The Bertz CT molecular complexity index is 1170. The second-order valence-electron chi connectivity index (χ2n) is 7.63. The average molecular weight is 452 g/mol. The fraction of sp³-hybridized carbons (Fsp3) is 0.318. The van der Waals surface area contributed by atoms with E-state index in [4.69, 9.17) is 4.74 Å². The van der Waals surface area contributed by atoms with Crippen molar-refractivity contribution in [1.82, 2.24) is 9.78 Å². The van der Waals surface area contributed by atoms with Gasteiger partial charge in [-0.25, -0.2) is 4.68 Å². The third kappa shape index (κ3) is 3.85. The van der Waals surface area contributed by atoms with Gasteiger partial charge in [0.25, 0.3) is 0 Å². The van der Waals surface area contributed by atoms with Crippen molar-refractivity contribution >= 4 is 0 Å². The smallest absolute Gasteiger partial charge is 0.489 e. The molecule has 1 aromatic heterocycles. The van der Waals surface area contributed by atoms with E-state index < -0.39 is 18.2 Å². The SMILES string of the molecule is FC1(F)Oc2ccc(COc3cccc(-n4nc(C(F)(F)F)c5c4CCCC5)c3)cc2O1. The van der Waals surface area contributed by atoms with Gasteiger partial charge in [-0.05, 0) is 55.5 Å². The largest absolute Gasteiger partial charge is 0.586 e. The Morgan fingerprint density at radius 3 is 2.59 bits per heavy atom. The maximum Gasteiger partial charge on any atom is 0.586 e. The molecule has 0 radical (unpaired) electrons. The first kappa shape index (κ1) is 20.6. The van der Waals surface area contributed by atoms with E-state index in [1.807, 2.05) is 0 Å². The molecule has 168 valence electrons. The molecule has 1 aliphatic carbocycles. The fourth-order valence-electron chi connectivity index (χ4n) is 4.00. The molecule has 0 saturated heterocycles. The third-order valence-electron chi connectivity index (χ3n) is 5.38. The molecule has 0 spiro atoms. The molecule has 2 aliphatic rings. The molecule has 0 bridgehead atoms. The van der Waals surface area contributed by atoms with Gasteiger partial charge < -0.3 is 14.2 Å². The van der Waals surface area contributed by atoms with Crippen molar-refractivity contribution in [3.05, 3.63) is 65.0 Å². The highest BCUT2D eigenvalue weighted by Crippen LogP contribution is 2.41. The molecular weight excluding hydrogens is 435 g/mol. The molecule has 2 aromatic carbocycles. The lowest BCUT2D eigenvalue weighted by molar-refractivity contribution is -0.286. The quantitative estimate of drug-likeness (QED) is 0.479. The summed E-state index contributed by atoms with van der Waals surface area (Å²) in [6.45, 7) is 0.0384. The number of ether oxygens (including phenoxy) is 3. The molecule has 0 atom stereocenters. The molecule has 10 heteroatoms. The Balaban J connectivity index is 1.38. The van der Waals surface area contributed by atoms with Crippen LogP contribution < -0.4 is 14.2 Å². The number of halogens is 5. The minimum Gasteiger partial charge on any atom is -0.489 e. The number of hydrogen-bond acceptors (Lipinski definition) is 4. The maximum absolute atomic E-state index is 13.5. The van der Waals surface area contributed by atoms with Gasteiger partial charge in [0.15, 0.2) is 17.2 Å².